The Hall–Kier alpha value is -0.650. The Morgan fingerprint density at radius 3 is 2.38 bits per heavy atom. The Balaban J connectivity index is 1.76. The summed E-state index contributed by atoms with van der Waals surface area (Å²) < 4.78 is 0. The van der Waals surface area contributed by atoms with E-state index in [1.54, 1.807) is 0 Å². The highest BCUT2D eigenvalue weighted by Crippen LogP contribution is 2.32. The molecule has 1 saturated carbocycles. The van der Waals surface area contributed by atoms with Crippen molar-refractivity contribution in [2.45, 2.75) is 57.2 Å². The van der Waals surface area contributed by atoms with Gasteiger partial charge in [-0.3, -0.25) is 9.69 Å². The highest BCUT2D eigenvalue weighted by molar-refractivity contribution is 5.78. The summed E-state index contributed by atoms with van der Waals surface area (Å²) in [5.74, 6) is 0.814. The molecule has 5 nitrogen and oxygen atoms in total. The number of piperidine rings is 1. The second-order valence-electron chi connectivity index (χ2n) is 7.19. The Morgan fingerprint density at radius 2 is 1.81 bits per heavy atom. The zero-order valence-electron chi connectivity index (χ0n) is 13.4. The lowest BCUT2D eigenvalue weighted by Gasteiger charge is -2.38. The molecule has 0 radical (unpaired) electrons. The molecule has 1 amide bonds. The molecule has 122 valence electrons. The monoisotopic (exact) mass is 298 g/mol. The summed E-state index contributed by atoms with van der Waals surface area (Å²) in [5.41, 5.74) is -0.625. The molecule has 0 aromatic carbocycles. The van der Waals surface area contributed by atoms with Gasteiger partial charge in [0.25, 0.3) is 0 Å². The van der Waals surface area contributed by atoms with E-state index in [0.717, 1.165) is 25.7 Å². The first-order chi connectivity index (χ1) is 9.88. The molecule has 0 bridgehead atoms. The van der Waals surface area contributed by atoms with Gasteiger partial charge in [-0.25, -0.2) is 0 Å². The highest BCUT2D eigenvalue weighted by atomic mass is 16.3. The number of amides is 1. The van der Waals surface area contributed by atoms with E-state index in [4.69, 9.17) is 0 Å². The molecule has 5 heteroatoms. The van der Waals surface area contributed by atoms with Crippen LogP contribution in [-0.4, -0.2) is 70.9 Å². The van der Waals surface area contributed by atoms with Crippen LogP contribution in [0.25, 0.3) is 0 Å². The molecule has 2 N–H and O–H groups in total. The lowest BCUT2D eigenvalue weighted by atomic mass is 9.79. The van der Waals surface area contributed by atoms with Gasteiger partial charge in [-0.2, -0.15) is 0 Å². The van der Waals surface area contributed by atoms with Gasteiger partial charge in [0.15, 0.2) is 0 Å². The van der Waals surface area contributed by atoms with Gasteiger partial charge in [0, 0.05) is 19.6 Å². The predicted octanol–water partition coefficient (Wildman–Crippen LogP) is 0.843. The van der Waals surface area contributed by atoms with Gasteiger partial charge in [0.05, 0.1) is 18.2 Å². The first kappa shape index (κ1) is 16.7. The number of carbonyl (C=O) groups excluding carboxylic acids is 1. The van der Waals surface area contributed by atoms with Crippen molar-refractivity contribution in [1.82, 2.24) is 9.80 Å². The van der Waals surface area contributed by atoms with E-state index < -0.39 is 5.60 Å². The van der Waals surface area contributed by atoms with E-state index in [0.29, 0.717) is 44.9 Å². The molecule has 0 aromatic rings. The summed E-state index contributed by atoms with van der Waals surface area (Å²) in [5, 5.41) is 20.1. The number of likely N-dealkylation sites (N-methyl/N-ethyl adjacent to an activating group) is 1. The normalized spacial score (nSPS) is 31.7. The Labute approximate surface area is 127 Å². The van der Waals surface area contributed by atoms with E-state index in [9.17, 15) is 15.0 Å². The maximum Gasteiger partial charge on any atom is 0.236 e. The van der Waals surface area contributed by atoms with Crippen molar-refractivity contribution in [3.63, 3.8) is 0 Å². The summed E-state index contributed by atoms with van der Waals surface area (Å²) in [6, 6.07) is 0. The molecule has 21 heavy (non-hydrogen) atoms. The van der Waals surface area contributed by atoms with Crippen molar-refractivity contribution >= 4 is 5.91 Å². The molecule has 0 atom stereocenters. The standard InChI is InChI=1S/C16H30N2O3/c1-13-3-7-16(21,8-4-13)12-17(2)11-15(20)18-9-5-14(19)6-10-18/h13-14,19,21H,3-12H2,1-2H3. The first-order valence-corrected chi connectivity index (χ1v) is 8.25. The quantitative estimate of drug-likeness (QED) is 0.807. The number of rotatable bonds is 4. The molecule has 1 saturated heterocycles. The van der Waals surface area contributed by atoms with Crippen LogP contribution in [0.1, 0.15) is 45.4 Å². The summed E-state index contributed by atoms with van der Waals surface area (Å²) in [4.78, 5) is 16.0. The van der Waals surface area contributed by atoms with Gasteiger partial charge in [0.1, 0.15) is 0 Å². The van der Waals surface area contributed by atoms with Crippen LogP contribution in [0.5, 0.6) is 0 Å². The van der Waals surface area contributed by atoms with Crippen molar-refractivity contribution in [3.8, 4) is 0 Å². The molecular weight excluding hydrogens is 268 g/mol. The second kappa shape index (κ2) is 7.07. The molecule has 0 spiro atoms. The van der Waals surface area contributed by atoms with Crippen LogP contribution < -0.4 is 0 Å². The number of hydrogen-bond acceptors (Lipinski definition) is 4. The van der Waals surface area contributed by atoms with Gasteiger partial charge < -0.3 is 15.1 Å². The Morgan fingerprint density at radius 1 is 1.24 bits per heavy atom. The van der Waals surface area contributed by atoms with Crippen LogP contribution in [-0.2, 0) is 4.79 Å². The van der Waals surface area contributed by atoms with Crippen molar-refractivity contribution in [1.29, 1.82) is 0 Å². The van der Waals surface area contributed by atoms with Gasteiger partial charge in [0.2, 0.25) is 5.91 Å². The summed E-state index contributed by atoms with van der Waals surface area (Å²) in [6.07, 6.45) is 4.92. The minimum absolute atomic E-state index is 0.108. The lowest BCUT2D eigenvalue weighted by molar-refractivity contribution is -0.135. The van der Waals surface area contributed by atoms with E-state index in [1.165, 1.54) is 0 Å². The lowest BCUT2D eigenvalue weighted by Crippen LogP contribution is -2.49. The largest absolute Gasteiger partial charge is 0.393 e. The predicted molar refractivity (Wildman–Crippen MR) is 81.9 cm³/mol. The molecule has 2 fully saturated rings. The van der Waals surface area contributed by atoms with Crippen LogP contribution in [0.4, 0.5) is 0 Å². The summed E-state index contributed by atoms with van der Waals surface area (Å²) in [7, 11) is 1.91. The van der Waals surface area contributed by atoms with Crippen LogP contribution in [0, 0.1) is 5.92 Å². The molecular formula is C16H30N2O3. The average molecular weight is 298 g/mol. The van der Waals surface area contributed by atoms with Crippen molar-refractivity contribution < 1.29 is 15.0 Å². The maximum absolute atomic E-state index is 12.2. The highest BCUT2D eigenvalue weighted by Gasteiger charge is 2.33. The molecule has 2 rings (SSSR count). The van der Waals surface area contributed by atoms with Gasteiger partial charge in [-0.15, -0.1) is 0 Å². The minimum Gasteiger partial charge on any atom is -0.393 e. The van der Waals surface area contributed by atoms with E-state index >= 15 is 0 Å². The summed E-state index contributed by atoms with van der Waals surface area (Å²) >= 11 is 0. The Kier molecular flexibility index (Phi) is 5.63. The fourth-order valence-corrected chi connectivity index (χ4v) is 3.46. The van der Waals surface area contributed by atoms with Crippen LogP contribution in [0.3, 0.4) is 0 Å². The number of aliphatic hydroxyl groups excluding tert-OH is 1. The number of carbonyl (C=O) groups is 1. The third-order valence-electron chi connectivity index (χ3n) is 4.99. The number of hydrogen-bond donors (Lipinski definition) is 2. The van der Waals surface area contributed by atoms with Crippen LogP contribution in [0.2, 0.25) is 0 Å². The second-order valence-corrected chi connectivity index (χ2v) is 7.19. The Bertz CT molecular complexity index is 345. The number of nitrogens with zero attached hydrogens (tertiary/aromatic N) is 2. The molecule has 0 unspecified atom stereocenters. The first-order valence-electron chi connectivity index (χ1n) is 8.25. The maximum atomic E-state index is 12.2. The third kappa shape index (κ3) is 4.94. The van der Waals surface area contributed by atoms with Gasteiger partial charge in [-0.05, 0) is 51.5 Å². The molecule has 1 aliphatic heterocycles. The molecule has 1 heterocycles. The minimum atomic E-state index is -0.625. The fourth-order valence-electron chi connectivity index (χ4n) is 3.46. The van der Waals surface area contributed by atoms with E-state index in [-0.39, 0.29) is 12.0 Å². The topological polar surface area (TPSA) is 64.0 Å². The van der Waals surface area contributed by atoms with Crippen LogP contribution >= 0.6 is 0 Å². The molecule has 1 aliphatic carbocycles. The number of aliphatic hydroxyl groups is 2. The molecule has 2 aliphatic rings. The van der Waals surface area contributed by atoms with E-state index in [2.05, 4.69) is 6.92 Å². The smallest absolute Gasteiger partial charge is 0.236 e. The molecule has 0 aromatic heterocycles. The number of likely N-dealkylation sites (tertiary alicyclic amines) is 1. The third-order valence-corrected chi connectivity index (χ3v) is 4.99. The van der Waals surface area contributed by atoms with Crippen molar-refractivity contribution in [3.05, 3.63) is 0 Å². The van der Waals surface area contributed by atoms with Crippen molar-refractivity contribution in [2.24, 2.45) is 5.92 Å². The van der Waals surface area contributed by atoms with Gasteiger partial charge >= 0.3 is 0 Å². The average Bonchev–Trinajstić information content (AvgIpc) is 2.43. The zero-order chi connectivity index (χ0) is 15.5. The van der Waals surface area contributed by atoms with Crippen molar-refractivity contribution in [2.75, 3.05) is 33.2 Å². The van der Waals surface area contributed by atoms with Gasteiger partial charge in [-0.1, -0.05) is 6.92 Å². The fraction of sp³-hybridized carbons (Fsp3) is 0.938. The summed E-state index contributed by atoms with van der Waals surface area (Å²) in [6.45, 7) is 4.46. The SMILES string of the molecule is CC1CCC(O)(CN(C)CC(=O)N2CCC(O)CC2)CC1. The van der Waals surface area contributed by atoms with E-state index in [1.807, 2.05) is 16.8 Å². The zero-order valence-corrected chi connectivity index (χ0v) is 13.4. The van der Waals surface area contributed by atoms with Crippen LogP contribution in [0.15, 0.2) is 0 Å².